The molecule has 2 bridgehead atoms. The number of nitrogens with zero attached hydrogens (tertiary/aromatic N) is 3. The van der Waals surface area contributed by atoms with Crippen molar-refractivity contribution in [3.63, 3.8) is 0 Å². The first-order chi connectivity index (χ1) is 15.1. The molecule has 4 heterocycles. The van der Waals surface area contributed by atoms with Crippen LogP contribution < -0.4 is 15.0 Å². The summed E-state index contributed by atoms with van der Waals surface area (Å²) < 4.78 is 12.5. The first-order valence-corrected chi connectivity index (χ1v) is 10.3. The molecule has 2 aliphatic rings. The fourth-order valence-corrected chi connectivity index (χ4v) is 4.81. The van der Waals surface area contributed by atoms with Crippen LogP contribution in [0.4, 0.5) is 0 Å². The minimum absolute atomic E-state index is 0.0418. The number of benzene rings is 1. The molecule has 2 aliphatic heterocycles. The number of carbonyl (C=O) groups is 1. The van der Waals surface area contributed by atoms with Gasteiger partial charge in [0, 0.05) is 42.9 Å². The molecule has 1 amide bonds. The van der Waals surface area contributed by atoms with E-state index in [1.807, 2.05) is 33.7 Å². The van der Waals surface area contributed by atoms with Gasteiger partial charge >= 0.3 is 0 Å². The molecule has 0 aliphatic carbocycles. The standard InChI is InChI=1S/C23H24N4O4/c1-30-20-7-6-15(9-21(20)31-2)17-10-18(25-24-17)23(29)26-11-14-8-16(13-26)19-4-3-5-22(28)27(19)12-14/h3-7,9-10,14,16H,8,11-13H2,1-2H3,(H,24,25)/t14-,16+/m1/s1. The van der Waals surface area contributed by atoms with Gasteiger partial charge in [-0.05, 0) is 42.7 Å². The Labute approximate surface area is 179 Å². The summed E-state index contributed by atoms with van der Waals surface area (Å²) in [7, 11) is 3.17. The molecule has 3 aromatic rings. The molecule has 1 aromatic carbocycles. The number of ether oxygens (including phenoxy) is 2. The zero-order valence-corrected chi connectivity index (χ0v) is 17.5. The van der Waals surface area contributed by atoms with Crippen LogP contribution in [0.15, 0.2) is 47.3 Å². The van der Waals surface area contributed by atoms with Gasteiger partial charge in [-0.2, -0.15) is 5.10 Å². The summed E-state index contributed by atoms with van der Waals surface area (Å²) in [5.74, 6) is 1.63. The van der Waals surface area contributed by atoms with Crippen molar-refractivity contribution in [3.05, 3.63) is 64.2 Å². The van der Waals surface area contributed by atoms with Gasteiger partial charge in [-0.25, -0.2) is 0 Å². The third kappa shape index (κ3) is 3.37. The molecule has 31 heavy (non-hydrogen) atoms. The number of amides is 1. The summed E-state index contributed by atoms with van der Waals surface area (Å²) in [5, 5.41) is 7.23. The molecule has 8 nitrogen and oxygen atoms in total. The summed E-state index contributed by atoms with van der Waals surface area (Å²) in [6.45, 7) is 1.90. The van der Waals surface area contributed by atoms with E-state index in [4.69, 9.17) is 9.47 Å². The average Bonchev–Trinajstić information content (AvgIpc) is 3.29. The second kappa shape index (κ2) is 7.61. The van der Waals surface area contributed by atoms with Crippen molar-refractivity contribution in [2.75, 3.05) is 27.3 Å². The van der Waals surface area contributed by atoms with Crippen LogP contribution in [0.25, 0.3) is 11.3 Å². The van der Waals surface area contributed by atoms with Gasteiger partial charge in [-0.15, -0.1) is 0 Å². The van der Waals surface area contributed by atoms with Gasteiger partial charge in [0.2, 0.25) is 0 Å². The van der Waals surface area contributed by atoms with Crippen LogP contribution in [-0.2, 0) is 6.54 Å². The molecule has 1 saturated heterocycles. The molecular formula is C23H24N4O4. The lowest BCUT2D eigenvalue weighted by Crippen LogP contribution is -2.49. The molecule has 2 atom stereocenters. The van der Waals surface area contributed by atoms with E-state index in [0.29, 0.717) is 42.5 Å². The van der Waals surface area contributed by atoms with Gasteiger partial charge in [0.1, 0.15) is 5.69 Å². The van der Waals surface area contributed by atoms with Crippen LogP contribution in [0.5, 0.6) is 11.5 Å². The first kappa shape index (κ1) is 19.4. The highest BCUT2D eigenvalue weighted by atomic mass is 16.5. The van der Waals surface area contributed by atoms with Gasteiger partial charge in [-0.1, -0.05) is 6.07 Å². The lowest BCUT2D eigenvalue weighted by molar-refractivity contribution is 0.0588. The van der Waals surface area contributed by atoms with Crippen molar-refractivity contribution in [2.24, 2.45) is 5.92 Å². The summed E-state index contributed by atoms with van der Waals surface area (Å²) in [6, 6.07) is 12.7. The molecule has 5 rings (SSSR count). The Bertz CT molecular complexity index is 1200. The number of nitrogens with one attached hydrogen (secondary N) is 1. The molecule has 2 aromatic heterocycles. The van der Waals surface area contributed by atoms with E-state index in [9.17, 15) is 9.59 Å². The van der Waals surface area contributed by atoms with E-state index in [2.05, 4.69) is 10.2 Å². The fraction of sp³-hybridized carbons (Fsp3) is 0.348. The number of aromatic nitrogens is 3. The number of aromatic amines is 1. The number of pyridine rings is 1. The maximum absolute atomic E-state index is 13.2. The van der Waals surface area contributed by atoms with Gasteiger partial charge < -0.3 is 18.9 Å². The minimum Gasteiger partial charge on any atom is -0.493 e. The second-order valence-electron chi connectivity index (χ2n) is 8.14. The van der Waals surface area contributed by atoms with Crippen molar-refractivity contribution in [3.8, 4) is 22.8 Å². The van der Waals surface area contributed by atoms with Crippen LogP contribution in [0.2, 0.25) is 0 Å². The highest BCUT2D eigenvalue weighted by Crippen LogP contribution is 2.36. The Morgan fingerprint density at radius 1 is 1.06 bits per heavy atom. The number of methoxy groups -OCH3 is 2. The topological polar surface area (TPSA) is 89.5 Å². The summed E-state index contributed by atoms with van der Waals surface area (Å²) in [6.07, 6.45) is 1.01. The highest BCUT2D eigenvalue weighted by molar-refractivity contribution is 5.93. The summed E-state index contributed by atoms with van der Waals surface area (Å²) in [5.41, 5.74) is 3.02. The van der Waals surface area contributed by atoms with Crippen molar-refractivity contribution in [1.29, 1.82) is 0 Å². The average molecular weight is 420 g/mol. The van der Waals surface area contributed by atoms with Crippen LogP contribution >= 0.6 is 0 Å². The van der Waals surface area contributed by atoms with Gasteiger partial charge in [0.05, 0.1) is 19.9 Å². The Hall–Kier alpha value is -3.55. The maximum Gasteiger partial charge on any atom is 0.271 e. The zero-order valence-electron chi connectivity index (χ0n) is 17.5. The number of piperidine rings is 1. The monoisotopic (exact) mass is 420 g/mol. The van der Waals surface area contributed by atoms with E-state index in [1.54, 1.807) is 32.4 Å². The van der Waals surface area contributed by atoms with Crippen molar-refractivity contribution < 1.29 is 14.3 Å². The molecule has 0 radical (unpaired) electrons. The third-order valence-corrected chi connectivity index (χ3v) is 6.25. The van der Waals surface area contributed by atoms with Crippen LogP contribution in [-0.4, -0.2) is 52.9 Å². The molecule has 0 spiro atoms. The van der Waals surface area contributed by atoms with Crippen molar-refractivity contribution in [2.45, 2.75) is 18.9 Å². The SMILES string of the molecule is COc1ccc(-c2cc(C(=O)N3C[C@H]4C[C@@H](C3)c3cccc(=O)n3C4)[nH]n2)cc1OC. The molecule has 160 valence electrons. The number of H-pyrrole nitrogens is 1. The summed E-state index contributed by atoms with van der Waals surface area (Å²) in [4.78, 5) is 27.3. The van der Waals surface area contributed by atoms with E-state index < -0.39 is 0 Å². The number of carbonyl (C=O) groups excluding carboxylic acids is 1. The Morgan fingerprint density at radius 3 is 2.71 bits per heavy atom. The third-order valence-electron chi connectivity index (χ3n) is 6.25. The smallest absolute Gasteiger partial charge is 0.271 e. The van der Waals surface area contributed by atoms with Gasteiger partial charge in [-0.3, -0.25) is 14.7 Å². The predicted molar refractivity (Wildman–Crippen MR) is 115 cm³/mol. The van der Waals surface area contributed by atoms with E-state index >= 15 is 0 Å². The van der Waals surface area contributed by atoms with E-state index in [1.165, 1.54) is 0 Å². The number of fused-ring (bicyclic) bond motifs is 4. The Kier molecular flexibility index (Phi) is 4.77. The second-order valence-corrected chi connectivity index (χ2v) is 8.14. The zero-order chi connectivity index (χ0) is 21.5. The quantitative estimate of drug-likeness (QED) is 0.701. The molecule has 1 N–H and O–H groups in total. The molecule has 8 heteroatoms. The van der Waals surface area contributed by atoms with Crippen LogP contribution in [0.1, 0.15) is 28.5 Å². The first-order valence-electron chi connectivity index (χ1n) is 10.3. The Balaban J connectivity index is 1.38. The van der Waals surface area contributed by atoms with Crippen LogP contribution in [0, 0.1) is 5.92 Å². The Morgan fingerprint density at radius 2 is 1.90 bits per heavy atom. The predicted octanol–water partition coefficient (Wildman–Crippen LogP) is 2.52. The van der Waals surface area contributed by atoms with Crippen molar-refractivity contribution in [1.82, 2.24) is 19.7 Å². The van der Waals surface area contributed by atoms with Crippen LogP contribution in [0.3, 0.4) is 0 Å². The summed E-state index contributed by atoms with van der Waals surface area (Å²) >= 11 is 0. The van der Waals surface area contributed by atoms with E-state index in [0.717, 1.165) is 17.7 Å². The normalized spacial score (nSPS) is 19.6. The molecular weight excluding hydrogens is 396 g/mol. The number of likely N-dealkylation sites (tertiary alicyclic amines) is 1. The fourth-order valence-electron chi connectivity index (χ4n) is 4.81. The van der Waals surface area contributed by atoms with Gasteiger partial charge in [0.15, 0.2) is 11.5 Å². The number of rotatable bonds is 4. The minimum atomic E-state index is -0.0688. The lowest BCUT2D eigenvalue weighted by atomic mass is 9.83. The molecule has 1 fully saturated rings. The molecule has 0 unspecified atom stereocenters. The lowest BCUT2D eigenvalue weighted by Gasteiger charge is -2.42. The van der Waals surface area contributed by atoms with E-state index in [-0.39, 0.29) is 23.3 Å². The highest BCUT2D eigenvalue weighted by Gasteiger charge is 2.36. The van der Waals surface area contributed by atoms with Crippen molar-refractivity contribution >= 4 is 5.91 Å². The largest absolute Gasteiger partial charge is 0.493 e. The number of hydrogen-bond donors (Lipinski definition) is 1. The number of hydrogen-bond acceptors (Lipinski definition) is 5. The van der Waals surface area contributed by atoms with Gasteiger partial charge in [0.25, 0.3) is 11.5 Å². The molecule has 0 saturated carbocycles. The maximum atomic E-state index is 13.2.